The fourth-order valence-corrected chi connectivity index (χ4v) is 9.78. The summed E-state index contributed by atoms with van der Waals surface area (Å²) < 4.78 is 66.0. The summed E-state index contributed by atoms with van der Waals surface area (Å²) >= 11 is 0. The van der Waals surface area contributed by atoms with Crippen LogP contribution in [0.4, 0.5) is 8.78 Å². The number of benzene rings is 4. The Bertz CT molecular complexity index is 4120. The molecular formula is C61H54F2N8O12. The molecule has 2 N–H and O–H groups in total. The van der Waals surface area contributed by atoms with Gasteiger partial charge in [-0.3, -0.25) is 53.9 Å². The number of ketones is 1. The first-order valence-electron chi connectivity index (χ1n) is 26.3. The summed E-state index contributed by atoms with van der Waals surface area (Å²) in [5.74, 6) is -2.27. The van der Waals surface area contributed by atoms with Crippen LogP contribution in [0, 0.1) is 18.6 Å². The number of ether oxygens (including phenoxy) is 5. The van der Waals surface area contributed by atoms with Gasteiger partial charge in [0.25, 0.3) is 22.9 Å². The number of hydrazine groups is 1. The Morgan fingerprint density at radius 1 is 0.639 bits per heavy atom. The van der Waals surface area contributed by atoms with Gasteiger partial charge < -0.3 is 28.1 Å². The smallest absolute Gasteiger partial charge is 0.347 e. The number of carbonyl (C=O) groups is 4. The lowest BCUT2D eigenvalue weighted by Crippen LogP contribution is -2.58. The van der Waals surface area contributed by atoms with Gasteiger partial charge in [0, 0.05) is 50.2 Å². The van der Waals surface area contributed by atoms with Crippen LogP contribution < -0.4 is 40.9 Å². The molecule has 2 amide bonds. The predicted octanol–water partition coefficient (Wildman–Crippen LogP) is 8.11. The fraction of sp³-hybridized carbons (Fsp3) is 0.246. The minimum absolute atomic E-state index is 0.00209. The largest absolute Gasteiger partial charge is 0.486 e. The SMILES string of the molecule is CC(=O)c1c(OCc2ccccc2)c2ncc(Cc3ccc(F)cc3)c3c2n(c1=O)C[C@](C)(c1nnc(C)o1)O3.CCOC(=O)c1c(OCc2ccccc2)c2ncc(Cc3ccc(F)cc3)c3c2n(c1=O)C[C@](C)(C(=O)NNC(C)=O)O3. The van der Waals surface area contributed by atoms with E-state index in [9.17, 15) is 37.5 Å². The molecule has 0 fully saturated rings. The molecule has 0 saturated heterocycles. The maximum absolute atomic E-state index is 14.1. The molecule has 9 aromatic rings. The van der Waals surface area contributed by atoms with Crippen molar-refractivity contribution in [2.75, 3.05) is 6.61 Å². The van der Waals surface area contributed by atoms with Crippen molar-refractivity contribution < 1.29 is 56.1 Å². The van der Waals surface area contributed by atoms with Gasteiger partial charge in [0.2, 0.25) is 23.0 Å². The Kier molecular flexibility index (Phi) is 15.7. The molecule has 2 aliphatic rings. The van der Waals surface area contributed by atoms with Crippen molar-refractivity contribution in [1.82, 2.24) is 40.2 Å². The highest BCUT2D eigenvalue weighted by atomic mass is 19.1. The average Bonchev–Trinajstić information content (AvgIpc) is 1.20. The van der Waals surface area contributed by atoms with Gasteiger partial charge in [-0.2, -0.15) is 0 Å². The van der Waals surface area contributed by atoms with Gasteiger partial charge >= 0.3 is 5.97 Å². The number of aryl methyl sites for hydroxylation is 1. The molecule has 11 rings (SSSR count). The molecule has 20 nitrogen and oxygen atoms in total. The number of esters is 1. The van der Waals surface area contributed by atoms with Crippen LogP contribution in [0.25, 0.3) is 22.1 Å². The molecule has 5 aromatic heterocycles. The quantitative estimate of drug-likeness (QED) is 0.0559. The van der Waals surface area contributed by atoms with Crippen LogP contribution in [0.1, 0.15) is 100 Å². The summed E-state index contributed by atoms with van der Waals surface area (Å²) in [4.78, 5) is 88.2. The van der Waals surface area contributed by atoms with Crippen molar-refractivity contribution in [3.63, 3.8) is 0 Å². The summed E-state index contributed by atoms with van der Waals surface area (Å²) in [5.41, 5.74) is 5.26. The summed E-state index contributed by atoms with van der Waals surface area (Å²) in [6, 6.07) is 30.6. The van der Waals surface area contributed by atoms with Crippen LogP contribution in [0.5, 0.6) is 23.0 Å². The lowest BCUT2D eigenvalue weighted by Gasteiger charge is -2.36. The molecule has 0 bridgehead atoms. The highest BCUT2D eigenvalue weighted by Gasteiger charge is 2.45. The standard InChI is InChI=1S/C31H29FN4O7.C30H25FN4O5/c1-4-41-29(39)23-27(42-16-20-8-6-5-7-9-20)24-25-26(21(15-33-24)14-19-10-12-22(32)13-11-19)43-31(3,17-36(25)28(23)38)30(40)35-34-18(2)37;1-17(36)23-27(38-15-20-7-5-4-6-8-20)24-25-26(21(14-32-24)13-19-9-11-22(31)12-10-19)40-30(3,16-35(25)28(23)37)29-34-33-18(2)39-29/h5-13,15H,4,14,16-17H2,1-3H3,(H,34,37)(H,35,40);4-12,14H,13,15-16H2,1-3H3/t31-;30-/m11/s1. The van der Waals surface area contributed by atoms with E-state index in [2.05, 4.69) is 31.0 Å². The summed E-state index contributed by atoms with van der Waals surface area (Å²) in [5, 5.41) is 8.10. The second kappa shape index (κ2) is 23.2. The van der Waals surface area contributed by atoms with Gasteiger partial charge in [-0.1, -0.05) is 84.9 Å². The summed E-state index contributed by atoms with van der Waals surface area (Å²) in [6.45, 7) is 8.86. The van der Waals surface area contributed by atoms with Gasteiger partial charge in [0.05, 0.1) is 19.7 Å². The Balaban J connectivity index is 0.000000186. The first-order valence-corrected chi connectivity index (χ1v) is 26.3. The molecule has 2 atom stereocenters. The van der Waals surface area contributed by atoms with Crippen LogP contribution in [-0.2, 0) is 59.1 Å². The molecule has 0 aliphatic carbocycles. The summed E-state index contributed by atoms with van der Waals surface area (Å²) in [6.07, 6.45) is 3.69. The maximum Gasteiger partial charge on any atom is 0.347 e. The van der Waals surface area contributed by atoms with Crippen LogP contribution in [0.3, 0.4) is 0 Å². The van der Waals surface area contributed by atoms with Crippen LogP contribution in [0.15, 0.2) is 136 Å². The number of aromatic nitrogens is 6. The Morgan fingerprint density at radius 3 is 1.61 bits per heavy atom. The number of pyridine rings is 4. The van der Waals surface area contributed by atoms with E-state index in [1.807, 2.05) is 60.7 Å². The zero-order valence-corrected chi connectivity index (χ0v) is 45.8. The minimum Gasteiger partial charge on any atom is -0.486 e. The molecule has 0 spiro atoms. The van der Waals surface area contributed by atoms with Gasteiger partial charge in [0.15, 0.2) is 34.3 Å². The number of Topliss-reactive ketones (excluding diaryl/α,β-unsaturated/α-hetero) is 1. The molecule has 7 heterocycles. The zero-order chi connectivity index (χ0) is 58.7. The zero-order valence-electron chi connectivity index (χ0n) is 45.8. The van der Waals surface area contributed by atoms with E-state index in [1.165, 1.54) is 60.4 Å². The van der Waals surface area contributed by atoms with Crippen molar-refractivity contribution in [2.24, 2.45) is 0 Å². The first-order chi connectivity index (χ1) is 39.8. The third-order valence-corrected chi connectivity index (χ3v) is 13.8. The number of halogens is 2. The van der Waals surface area contributed by atoms with Gasteiger partial charge in [-0.05, 0) is 74.2 Å². The van der Waals surface area contributed by atoms with Gasteiger partial charge in [-0.15, -0.1) is 10.2 Å². The van der Waals surface area contributed by atoms with E-state index in [0.717, 1.165) is 22.3 Å². The maximum atomic E-state index is 14.1. The highest BCUT2D eigenvalue weighted by Crippen LogP contribution is 2.44. The van der Waals surface area contributed by atoms with Crippen molar-refractivity contribution in [3.05, 3.63) is 210 Å². The summed E-state index contributed by atoms with van der Waals surface area (Å²) in [7, 11) is 0. The predicted molar refractivity (Wildman–Crippen MR) is 296 cm³/mol. The molecule has 83 heavy (non-hydrogen) atoms. The normalized spacial score (nSPS) is 15.7. The van der Waals surface area contributed by atoms with Crippen LogP contribution in [-0.4, -0.2) is 65.1 Å². The average molecular weight is 1130 g/mol. The Morgan fingerprint density at radius 2 is 1.13 bits per heavy atom. The number of carbonyl (C=O) groups excluding carboxylic acids is 4. The van der Waals surface area contributed by atoms with Crippen LogP contribution in [0.2, 0.25) is 0 Å². The highest BCUT2D eigenvalue weighted by molar-refractivity contribution is 6.03. The molecular weight excluding hydrogens is 1070 g/mol. The first kappa shape index (κ1) is 56.2. The van der Waals surface area contributed by atoms with Crippen molar-refractivity contribution in [3.8, 4) is 23.0 Å². The van der Waals surface area contributed by atoms with Crippen molar-refractivity contribution in [2.45, 2.75) is 91.9 Å². The molecule has 424 valence electrons. The van der Waals surface area contributed by atoms with E-state index >= 15 is 0 Å². The van der Waals surface area contributed by atoms with E-state index in [-0.39, 0.29) is 90.4 Å². The van der Waals surface area contributed by atoms with E-state index in [1.54, 1.807) is 51.2 Å². The number of hydrogen-bond donors (Lipinski definition) is 2. The second-order valence-corrected chi connectivity index (χ2v) is 20.2. The number of nitrogens with zero attached hydrogens (tertiary/aromatic N) is 6. The van der Waals surface area contributed by atoms with Crippen molar-refractivity contribution in [1.29, 1.82) is 0 Å². The number of hydrogen-bond acceptors (Lipinski definition) is 16. The molecule has 22 heteroatoms. The van der Waals surface area contributed by atoms with Crippen molar-refractivity contribution >= 4 is 45.6 Å². The topological polar surface area (TPSA) is 247 Å². The molecule has 0 unspecified atom stereocenters. The fourth-order valence-electron chi connectivity index (χ4n) is 9.78. The monoisotopic (exact) mass is 1130 g/mol. The Labute approximate surface area is 472 Å². The van der Waals surface area contributed by atoms with E-state index in [0.29, 0.717) is 40.2 Å². The minimum atomic E-state index is -1.70. The van der Waals surface area contributed by atoms with Gasteiger partial charge in [-0.25, -0.2) is 13.6 Å². The molecule has 0 saturated carbocycles. The van der Waals surface area contributed by atoms with E-state index < -0.39 is 51.7 Å². The third kappa shape index (κ3) is 11.5. The molecule has 2 aliphatic heterocycles. The number of amides is 2. The second-order valence-electron chi connectivity index (χ2n) is 20.2. The van der Waals surface area contributed by atoms with E-state index in [4.69, 9.17) is 28.1 Å². The van der Waals surface area contributed by atoms with Crippen LogP contribution >= 0.6 is 0 Å². The number of rotatable bonds is 15. The lowest BCUT2D eigenvalue weighted by atomic mass is 9.99. The Hall–Kier alpha value is -10.1. The van der Waals surface area contributed by atoms with Gasteiger partial charge in [0.1, 0.15) is 52.5 Å². The number of nitrogens with one attached hydrogen (secondary N) is 2. The third-order valence-electron chi connectivity index (χ3n) is 13.8. The molecule has 0 radical (unpaired) electrons. The lowest BCUT2D eigenvalue weighted by molar-refractivity contribution is -0.140. The molecule has 4 aromatic carbocycles.